The van der Waals surface area contributed by atoms with Crippen molar-refractivity contribution < 1.29 is 22.7 Å². The summed E-state index contributed by atoms with van der Waals surface area (Å²) in [6, 6.07) is 9.13. The quantitative estimate of drug-likeness (QED) is 0.706. The number of methoxy groups -OCH3 is 1. The number of ether oxygens (including phenoxy) is 2. The maximum absolute atomic E-state index is 12.8. The largest absolute Gasteiger partial charge is 0.493 e. The van der Waals surface area contributed by atoms with Crippen molar-refractivity contribution in [3.63, 3.8) is 0 Å². The normalized spacial score (nSPS) is 16.4. The first-order valence-electron chi connectivity index (χ1n) is 9.28. The molecule has 0 aliphatic carbocycles. The number of nitrogens with zero attached hydrogens (tertiary/aromatic N) is 1. The van der Waals surface area contributed by atoms with Gasteiger partial charge in [0.25, 0.3) is 0 Å². The number of alkyl halides is 2. The summed E-state index contributed by atoms with van der Waals surface area (Å²) in [5, 5.41) is 3.37. The lowest BCUT2D eigenvalue weighted by Gasteiger charge is -2.33. The van der Waals surface area contributed by atoms with Crippen LogP contribution in [0.1, 0.15) is 36.6 Å². The van der Waals surface area contributed by atoms with Gasteiger partial charge >= 0.3 is 6.61 Å². The van der Waals surface area contributed by atoms with E-state index in [4.69, 9.17) is 9.15 Å². The highest BCUT2D eigenvalue weighted by Gasteiger charge is 2.24. The van der Waals surface area contributed by atoms with Crippen LogP contribution >= 0.6 is 0 Å². The zero-order valence-corrected chi connectivity index (χ0v) is 15.5. The van der Waals surface area contributed by atoms with E-state index in [0.717, 1.165) is 18.8 Å². The molecule has 2 heterocycles. The van der Waals surface area contributed by atoms with Gasteiger partial charge in [-0.15, -0.1) is 0 Å². The standard InChI is InChI=1S/C20H26F2N2O3/c1-25-18-8-5-7-15(19(18)27-20(21)22)13-23-14-16(17-9-6-12-26-17)24-10-3-2-4-11-24/h5-9,12,16,20,23H,2-4,10-11,13-14H2,1H3. The third-order valence-corrected chi connectivity index (χ3v) is 4.84. The van der Waals surface area contributed by atoms with Crippen LogP contribution in [0.3, 0.4) is 0 Å². The van der Waals surface area contributed by atoms with Crippen LogP contribution in [0.2, 0.25) is 0 Å². The Kier molecular flexibility index (Phi) is 7.06. The number of hydrogen-bond acceptors (Lipinski definition) is 5. The molecule has 2 aromatic rings. The number of likely N-dealkylation sites (tertiary alicyclic amines) is 1. The van der Waals surface area contributed by atoms with Gasteiger partial charge in [0, 0.05) is 18.7 Å². The minimum Gasteiger partial charge on any atom is -0.493 e. The third-order valence-electron chi connectivity index (χ3n) is 4.84. The molecule has 148 valence electrons. The minimum atomic E-state index is -2.90. The molecule has 3 rings (SSSR count). The number of para-hydroxylation sites is 1. The first-order valence-corrected chi connectivity index (χ1v) is 9.28. The molecule has 0 bridgehead atoms. The number of benzene rings is 1. The Morgan fingerprint density at radius 1 is 1.15 bits per heavy atom. The van der Waals surface area contributed by atoms with Crippen LogP contribution in [0.5, 0.6) is 11.5 Å². The molecule has 1 aromatic carbocycles. The summed E-state index contributed by atoms with van der Waals surface area (Å²) in [5.74, 6) is 1.29. The average Bonchev–Trinajstić information content (AvgIpc) is 3.21. The molecule has 1 aromatic heterocycles. The second kappa shape index (κ2) is 9.71. The van der Waals surface area contributed by atoms with E-state index in [-0.39, 0.29) is 11.8 Å². The molecule has 0 saturated carbocycles. The van der Waals surface area contributed by atoms with Gasteiger partial charge < -0.3 is 19.2 Å². The van der Waals surface area contributed by atoms with Gasteiger partial charge in [0.2, 0.25) is 0 Å². The highest BCUT2D eigenvalue weighted by molar-refractivity contribution is 5.46. The fourth-order valence-electron chi connectivity index (χ4n) is 3.55. The summed E-state index contributed by atoms with van der Waals surface area (Å²) >= 11 is 0. The van der Waals surface area contributed by atoms with E-state index in [0.29, 0.717) is 24.4 Å². The van der Waals surface area contributed by atoms with Crippen molar-refractivity contribution in [3.05, 3.63) is 47.9 Å². The second-order valence-electron chi connectivity index (χ2n) is 6.59. The van der Waals surface area contributed by atoms with Crippen molar-refractivity contribution in [1.82, 2.24) is 10.2 Å². The average molecular weight is 380 g/mol. The van der Waals surface area contributed by atoms with E-state index in [1.807, 2.05) is 12.1 Å². The predicted molar refractivity (Wildman–Crippen MR) is 98.2 cm³/mol. The van der Waals surface area contributed by atoms with E-state index in [1.165, 1.54) is 26.4 Å². The Morgan fingerprint density at radius 3 is 2.63 bits per heavy atom. The van der Waals surface area contributed by atoms with Crippen molar-refractivity contribution in [1.29, 1.82) is 0 Å². The molecule has 1 saturated heterocycles. The van der Waals surface area contributed by atoms with Gasteiger partial charge in [0.05, 0.1) is 19.4 Å². The minimum absolute atomic E-state index is 0.0787. The van der Waals surface area contributed by atoms with Crippen molar-refractivity contribution in [3.8, 4) is 11.5 Å². The van der Waals surface area contributed by atoms with Crippen LogP contribution in [-0.2, 0) is 6.54 Å². The van der Waals surface area contributed by atoms with E-state index in [1.54, 1.807) is 24.5 Å². The number of furan rings is 1. The topological polar surface area (TPSA) is 46.9 Å². The molecule has 1 fully saturated rings. The van der Waals surface area contributed by atoms with E-state index >= 15 is 0 Å². The molecular formula is C20H26F2N2O3. The second-order valence-corrected chi connectivity index (χ2v) is 6.59. The van der Waals surface area contributed by atoms with Crippen molar-refractivity contribution >= 4 is 0 Å². The monoisotopic (exact) mass is 380 g/mol. The highest BCUT2D eigenvalue weighted by atomic mass is 19.3. The zero-order chi connectivity index (χ0) is 19.1. The first-order chi connectivity index (χ1) is 13.2. The van der Waals surface area contributed by atoms with Crippen LogP contribution in [0.25, 0.3) is 0 Å². The fraction of sp³-hybridized carbons (Fsp3) is 0.500. The molecule has 0 amide bonds. The maximum Gasteiger partial charge on any atom is 0.387 e. The molecule has 0 radical (unpaired) electrons. The molecule has 27 heavy (non-hydrogen) atoms. The molecule has 1 aliphatic rings. The lowest BCUT2D eigenvalue weighted by molar-refractivity contribution is -0.0518. The lowest BCUT2D eigenvalue weighted by Crippen LogP contribution is -2.38. The Labute approximate surface area is 158 Å². The van der Waals surface area contributed by atoms with Gasteiger partial charge in [-0.2, -0.15) is 8.78 Å². The van der Waals surface area contributed by atoms with Crippen LogP contribution in [0.4, 0.5) is 8.78 Å². The molecule has 1 unspecified atom stereocenters. The Hall–Kier alpha value is -2.12. The zero-order valence-electron chi connectivity index (χ0n) is 15.5. The predicted octanol–water partition coefficient (Wildman–Crippen LogP) is 4.21. The molecule has 1 N–H and O–H groups in total. The van der Waals surface area contributed by atoms with Gasteiger partial charge in [0.1, 0.15) is 5.76 Å². The van der Waals surface area contributed by atoms with Gasteiger partial charge in [0.15, 0.2) is 11.5 Å². The van der Waals surface area contributed by atoms with Gasteiger partial charge in [-0.05, 0) is 44.1 Å². The highest BCUT2D eigenvalue weighted by Crippen LogP contribution is 2.32. The summed E-state index contributed by atoms with van der Waals surface area (Å²) in [6.45, 7) is 0.213. The summed E-state index contributed by atoms with van der Waals surface area (Å²) in [4.78, 5) is 2.41. The number of hydrogen-bond donors (Lipinski definition) is 1. The van der Waals surface area contributed by atoms with Crippen LogP contribution in [0, 0.1) is 0 Å². The molecule has 5 nitrogen and oxygen atoms in total. The number of nitrogens with one attached hydrogen (secondary N) is 1. The van der Waals surface area contributed by atoms with Crippen molar-refractivity contribution in [2.75, 3.05) is 26.7 Å². The number of halogens is 2. The maximum atomic E-state index is 12.8. The Balaban J connectivity index is 1.68. The fourth-order valence-corrected chi connectivity index (χ4v) is 3.55. The summed E-state index contributed by atoms with van der Waals surface area (Å²) in [6.07, 6.45) is 5.30. The smallest absolute Gasteiger partial charge is 0.387 e. The van der Waals surface area contributed by atoms with Crippen molar-refractivity contribution in [2.45, 2.75) is 38.5 Å². The summed E-state index contributed by atoms with van der Waals surface area (Å²) < 4.78 is 41.0. The van der Waals surface area contributed by atoms with Gasteiger partial charge in [-0.25, -0.2) is 0 Å². The number of piperidine rings is 1. The van der Waals surface area contributed by atoms with E-state index in [2.05, 4.69) is 15.0 Å². The SMILES string of the molecule is COc1cccc(CNCC(c2ccco2)N2CCCCC2)c1OC(F)F. The third kappa shape index (κ3) is 5.20. The molecule has 1 atom stereocenters. The van der Waals surface area contributed by atoms with E-state index < -0.39 is 6.61 Å². The Morgan fingerprint density at radius 2 is 1.96 bits per heavy atom. The Bertz CT molecular complexity index is 689. The summed E-state index contributed by atoms with van der Waals surface area (Å²) in [5.41, 5.74) is 0.631. The van der Waals surface area contributed by atoms with Crippen molar-refractivity contribution in [2.24, 2.45) is 0 Å². The molecule has 0 spiro atoms. The first kappa shape index (κ1) is 19.6. The molecule has 1 aliphatic heterocycles. The van der Waals surface area contributed by atoms with Gasteiger partial charge in [-0.1, -0.05) is 18.6 Å². The number of rotatable bonds is 9. The van der Waals surface area contributed by atoms with Gasteiger partial charge in [-0.3, -0.25) is 4.90 Å². The van der Waals surface area contributed by atoms with E-state index in [9.17, 15) is 8.78 Å². The summed E-state index contributed by atoms with van der Waals surface area (Å²) in [7, 11) is 1.44. The molecular weight excluding hydrogens is 354 g/mol. The van der Waals surface area contributed by atoms with Crippen LogP contribution in [0.15, 0.2) is 41.0 Å². The van der Waals surface area contributed by atoms with Crippen LogP contribution < -0.4 is 14.8 Å². The van der Waals surface area contributed by atoms with Crippen LogP contribution in [-0.4, -0.2) is 38.3 Å². The molecule has 7 heteroatoms. The lowest BCUT2D eigenvalue weighted by atomic mass is 10.1.